The van der Waals surface area contributed by atoms with Crippen molar-refractivity contribution in [2.75, 3.05) is 0 Å². The van der Waals surface area contributed by atoms with E-state index in [9.17, 15) is 5.48 Å². The molecule has 10 rings (SSSR count). The fourth-order valence-electron chi connectivity index (χ4n) is 6.74. The van der Waals surface area contributed by atoms with Gasteiger partial charge >= 0.3 is 0 Å². The minimum atomic E-state index is -0.674. The Morgan fingerprint density at radius 3 is 1.73 bits per heavy atom. The van der Waals surface area contributed by atoms with E-state index in [0.29, 0.717) is 49.2 Å². The van der Waals surface area contributed by atoms with Gasteiger partial charge in [-0.1, -0.05) is 157 Å². The average Bonchev–Trinajstić information content (AvgIpc) is 3.68. The second-order valence-corrected chi connectivity index (χ2v) is 11.6. The van der Waals surface area contributed by atoms with Gasteiger partial charge in [-0.05, 0) is 101 Å². The van der Waals surface area contributed by atoms with E-state index in [-0.39, 0.29) is 34.0 Å². The van der Waals surface area contributed by atoms with Gasteiger partial charge < -0.3 is 4.42 Å². The monoisotopic (exact) mass is 638 g/mol. The lowest BCUT2D eigenvalue weighted by Gasteiger charge is -2.18. The van der Waals surface area contributed by atoms with E-state index >= 15 is 0 Å². The van der Waals surface area contributed by atoms with Crippen LogP contribution in [0.3, 0.4) is 0 Å². The van der Waals surface area contributed by atoms with Crippen LogP contribution in [-0.4, -0.2) is 0 Å². The highest BCUT2D eigenvalue weighted by Gasteiger charge is 2.20. The van der Waals surface area contributed by atoms with Gasteiger partial charge in [0.15, 0.2) is 0 Å². The zero-order chi connectivity index (χ0) is 46.2. The highest BCUT2D eigenvalue weighted by molar-refractivity contribution is 6.25. The molecule has 0 saturated carbocycles. The maximum Gasteiger partial charge on any atom is 0.136 e. The van der Waals surface area contributed by atoms with Gasteiger partial charge in [0.1, 0.15) is 11.2 Å². The van der Waals surface area contributed by atoms with Gasteiger partial charge in [0, 0.05) is 10.8 Å². The number of hydrogen-bond donors (Lipinski definition) is 0. The van der Waals surface area contributed by atoms with Crippen molar-refractivity contribution < 1.29 is 26.3 Å². The third-order valence-corrected chi connectivity index (χ3v) is 8.86. The van der Waals surface area contributed by atoms with Gasteiger partial charge in [-0.25, -0.2) is 0 Å². The van der Waals surface area contributed by atoms with E-state index in [1.165, 1.54) is 0 Å². The molecule has 0 fully saturated rings. The van der Waals surface area contributed by atoms with Crippen LogP contribution in [0.2, 0.25) is 0 Å². The Hall–Kier alpha value is -6.44. The lowest BCUT2D eigenvalue weighted by Crippen LogP contribution is -1.91. The summed E-state index contributed by atoms with van der Waals surface area (Å²) in [4.78, 5) is 0. The van der Waals surface area contributed by atoms with Crippen molar-refractivity contribution in [1.29, 1.82) is 0 Å². The summed E-state index contributed by atoms with van der Waals surface area (Å²) in [6, 6.07) is 16.8. The van der Waals surface area contributed by atoms with Crippen LogP contribution in [0, 0.1) is 0 Å². The first-order valence-electron chi connectivity index (χ1n) is 23.5. The molecule has 9 aromatic carbocycles. The molecule has 1 aromatic heterocycles. The summed E-state index contributed by atoms with van der Waals surface area (Å²) in [5, 5.41) is 3.28. The van der Waals surface area contributed by atoms with Crippen LogP contribution < -0.4 is 0 Å². The van der Waals surface area contributed by atoms with E-state index in [4.69, 9.17) is 20.9 Å². The fraction of sp³-hybridized carbons (Fsp3) is 0. The molecule has 228 valence electrons. The van der Waals surface area contributed by atoms with Crippen LogP contribution in [0.25, 0.3) is 98.8 Å². The maximum atomic E-state index is 9.49. The van der Waals surface area contributed by atoms with Crippen LogP contribution in [0.4, 0.5) is 0 Å². The third kappa shape index (κ3) is 4.47. The molecule has 10 aromatic rings. The van der Waals surface area contributed by atoms with Gasteiger partial charge in [-0.15, -0.1) is 0 Å². The Morgan fingerprint density at radius 2 is 1.00 bits per heavy atom. The van der Waals surface area contributed by atoms with E-state index in [1.54, 1.807) is 30.3 Å². The Bertz CT molecular complexity index is 3680. The van der Waals surface area contributed by atoms with Crippen molar-refractivity contribution in [3.8, 4) is 44.5 Å². The first-order chi connectivity index (χ1) is 31.0. The normalized spacial score (nSPS) is 16.2. The van der Waals surface area contributed by atoms with E-state index in [0.717, 1.165) is 16.5 Å². The SMILES string of the molecule is [2H]c1c([2H])c([2H])c(-c2ccc3c(c2)oc2cccc(-c4c5ccccc5c(-c5c([2H])c([2H])c(-c6c([2H])c([2H])c7c([2H])c([2H])c([2H])c([2H])c7c6[2H])c([2H])c5[2H])c5ccccc45)c23)c([2H])c1[2H]. The molecule has 1 heterocycles. The number of fused-ring (bicyclic) bond motifs is 6. The summed E-state index contributed by atoms with van der Waals surface area (Å²) in [6.45, 7) is 0. The Labute approximate surface area is 306 Å². The average molecular weight is 639 g/mol. The van der Waals surface area contributed by atoms with E-state index in [1.807, 2.05) is 54.6 Å². The molecule has 0 unspecified atom stereocenters. The Morgan fingerprint density at radius 1 is 0.388 bits per heavy atom. The van der Waals surface area contributed by atoms with Crippen molar-refractivity contribution in [3.63, 3.8) is 0 Å². The van der Waals surface area contributed by atoms with Crippen LogP contribution in [0.15, 0.2) is 186 Å². The van der Waals surface area contributed by atoms with Crippen LogP contribution >= 0.6 is 0 Å². The smallest absolute Gasteiger partial charge is 0.136 e. The van der Waals surface area contributed by atoms with Crippen LogP contribution in [0.5, 0.6) is 0 Å². The van der Waals surface area contributed by atoms with Crippen molar-refractivity contribution in [1.82, 2.24) is 0 Å². The van der Waals surface area contributed by atoms with Gasteiger partial charge in [-0.2, -0.15) is 0 Å². The summed E-state index contributed by atoms with van der Waals surface area (Å²) in [5.41, 5.74) is 2.34. The predicted molar refractivity (Wildman–Crippen MR) is 208 cm³/mol. The number of benzene rings is 9. The number of furan rings is 1. The van der Waals surface area contributed by atoms with E-state index < -0.39 is 95.7 Å². The highest BCUT2D eigenvalue weighted by Crippen LogP contribution is 2.47. The first-order valence-corrected chi connectivity index (χ1v) is 15.5. The molecule has 0 spiro atoms. The van der Waals surface area contributed by atoms with Crippen molar-refractivity contribution >= 4 is 54.3 Å². The van der Waals surface area contributed by atoms with Crippen molar-refractivity contribution in [2.24, 2.45) is 0 Å². The Kier molecular flexibility index (Phi) is 3.64. The quantitative estimate of drug-likeness (QED) is 0.175. The minimum absolute atomic E-state index is 0.0444. The van der Waals surface area contributed by atoms with Crippen molar-refractivity contribution in [3.05, 3.63) is 182 Å². The fourth-order valence-corrected chi connectivity index (χ4v) is 6.74. The molecule has 0 atom stereocenters. The highest BCUT2D eigenvalue weighted by atomic mass is 16.3. The van der Waals surface area contributed by atoms with Crippen molar-refractivity contribution in [2.45, 2.75) is 0 Å². The molecule has 0 N–H and O–H groups in total. The molecule has 49 heavy (non-hydrogen) atoms. The summed E-state index contributed by atoms with van der Waals surface area (Å²) >= 11 is 0. The molecule has 0 radical (unpaired) electrons. The molecule has 0 aliphatic heterocycles. The zero-order valence-electron chi connectivity index (χ0n) is 41.5. The summed E-state index contributed by atoms with van der Waals surface area (Å²) in [5.74, 6) is 0. The molecule has 1 heteroatoms. The molecule has 0 amide bonds. The summed E-state index contributed by atoms with van der Waals surface area (Å²) < 4.78 is 146. The van der Waals surface area contributed by atoms with Gasteiger partial charge in [0.05, 0.1) is 21.9 Å². The van der Waals surface area contributed by atoms with Gasteiger partial charge in [0.25, 0.3) is 0 Å². The number of rotatable bonds is 4. The molecule has 0 bridgehead atoms. The van der Waals surface area contributed by atoms with Crippen LogP contribution in [0.1, 0.15) is 21.9 Å². The third-order valence-electron chi connectivity index (χ3n) is 8.86. The second kappa shape index (κ2) is 11.1. The summed E-state index contributed by atoms with van der Waals surface area (Å²) in [6.07, 6.45) is 0. The molecule has 0 aliphatic carbocycles. The molecular formula is C48H30O. The van der Waals surface area contributed by atoms with Gasteiger partial charge in [0.2, 0.25) is 0 Å². The second-order valence-electron chi connectivity index (χ2n) is 11.6. The zero-order valence-corrected chi connectivity index (χ0v) is 25.5. The largest absolute Gasteiger partial charge is 0.456 e. The molecular weight excluding hydrogens is 593 g/mol. The molecule has 0 aliphatic rings. The Balaban J connectivity index is 1.23. The first kappa shape index (κ1) is 16.1. The predicted octanol–water partition coefficient (Wildman–Crippen LogP) is 13.7. The van der Waals surface area contributed by atoms with Crippen LogP contribution in [-0.2, 0) is 0 Å². The molecule has 0 saturated heterocycles. The molecule has 1 nitrogen and oxygen atoms in total. The van der Waals surface area contributed by atoms with Gasteiger partial charge in [-0.3, -0.25) is 0 Å². The lowest BCUT2D eigenvalue weighted by atomic mass is 9.84. The summed E-state index contributed by atoms with van der Waals surface area (Å²) in [7, 11) is 0. The maximum absolute atomic E-state index is 9.49. The standard InChI is InChI=1S/C48H30O/c1-2-11-31(12-3-1)37-27-28-42-45(30-37)49-44-20-10-19-43(48(42)44)47-40-17-8-6-15-38(40)46(39-16-7-9-18-41(39)47)34-24-21-33(22-25-34)36-26-23-32-13-4-5-14-35(32)29-36/h1-30H/i1D,2D,3D,4D,5D,11D,12D,13D,14D,21D,22D,23D,24D,25D,26D,29D. The lowest BCUT2D eigenvalue weighted by molar-refractivity contribution is 0.669. The topological polar surface area (TPSA) is 13.1 Å². The minimum Gasteiger partial charge on any atom is -0.456 e. The number of hydrogen-bond acceptors (Lipinski definition) is 1. The van der Waals surface area contributed by atoms with E-state index in [2.05, 4.69) is 0 Å².